The third-order valence-corrected chi connectivity index (χ3v) is 7.92. The summed E-state index contributed by atoms with van der Waals surface area (Å²) in [6.07, 6.45) is 0. The summed E-state index contributed by atoms with van der Waals surface area (Å²) in [4.78, 5) is 12.4. The van der Waals surface area contributed by atoms with Gasteiger partial charge in [0.1, 0.15) is 12.4 Å². The molecule has 3 aliphatic heterocycles. The van der Waals surface area contributed by atoms with Crippen molar-refractivity contribution in [3.05, 3.63) is 59.7 Å². The molecule has 0 bridgehead atoms. The first kappa shape index (κ1) is 23.5. The second-order valence-electron chi connectivity index (χ2n) is 10.4. The van der Waals surface area contributed by atoms with Gasteiger partial charge in [-0.05, 0) is 56.2 Å². The molecule has 36 heavy (non-hydrogen) atoms. The van der Waals surface area contributed by atoms with E-state index in [0.717, 1.165) is 82.0 Å². The summed E-state index contributed by atoms with van der Waals surface area (Å²) < 4.78 is 14.0. The summed E-state index contributed by atoms with van der Waals surface area (Å²) in [5.41, 5.74) is 7.13. The topological polar surface area (TPSA) is 46.0 Å². The number of imidazole rings is 1. The minimum Gasteiger partial charge on any atom is -0.483 e. The standard InChI is InChI=1S/C29H37N5O2/c1-21(2)32-10-12-33(13-11-32)25-7-4-23(5-8-25)24-6-9-27-28(18-24)36-20-29-30-26(22(3)34(27)29)19-31-14-16-35-17-15-31/h4-9,18,21H,10-17,19-20H2,1-3H3. The van der Waals surface area contributed by atoms with Crippen molar-refractivity contribution in [3.63, 3.8) is 0 Å². The highest BCUT2D eigenvalue weighted by Gasteiger charge is 2.25. The number of hydrogen-bond donors (Lipinski definition) is 0. The van der Waals surface area contributed by atoms with Crippen molar-refractivity contribution >= 4 is 5.69 Å². The van der Waals surface area contributed by atoms with Gasteiger partial charge in [0.05, 0.1) is 24.6 Å². The van der Waals surface area contributed by atoms with E-state index in [1.165, 1.54) is 22.5 Å². The van der Waals surface area contributed by atoms with Crippen molar-refractivity contribution in [1.82, 2.24) is 19.4 Å². The number of anilines is 1. The summed E-state index contributed by atoms with van der Waals surface area (Å²) in [6.45, 7) is 16.1. The molecule has 6 rings (SSSR count). The van der Waals surface area contributed by atoms with E-state index in [1.807, 2.05) is 0 Å². The first-order chi connectivity index (χ1) is 17.6. The molecule has 0 atom stereocenters. The van der Waals surface area contributed by atoms with Crippen molar-refractivity contribution in [2.24, 2.45) is 0 Å². The van der Waals surface area contributed by atoms with Gasteiger partial charge in [0, 0.05) is 63.2 Å². The van der Waals surface area contributed by atoms with Gasteiger partial charge in [-0.3, -0.25) is 14.4 Å². The van der Waals surface area contributed by atoms with Crippen LogP contribution in [0.3, 0.4) is 0 Å². The molecule has 190 valence electrons. The fourth-order valence-corrected chi connectivity index (χ4v) is 5.64. The predicted octanol–water partition coefficient (Wildman–Crippen LogP) is 4.10. The molecule has 0 saturated carbocycles. The molecule has 0 unspecified atom stereocenters. The molecule has 3 aliphatic rings. The van der Waals surface area contributed by atoms with Gasteiger partial charge in [0.25, 0.3) is 0 Å². The summed E-state index contributed by atoms with van der Waals surface area (Å²) in [5, 5.41) is 0. The van der Waals surface area contributed by atoms with E-state index in [9.17, 15) is 0 Å². The average Bonchev–Trinajstić information content (AvgIpc) is 3.24. The second kappa shape index (κ2) is 9.88. The number of rotatable bonds is 5. The van der Waals surface area contributed by atoms with Crippen LogP contribution >= 0.6 is 0 Å². The smallest absolute Gasteiger partial charge is 0.152 e. The van der Waals surface area contributed by atoms with E-state index < -0.39 is 0 Å². The number of morpholine rings is 1. The van der Waals surface area contributed by atoms with Crippen molar-refractivity contribution < 1.29 is 9.47 Å². The van der Waals surface area contributed by atoms with Crippen LogP contribution in [0.5, 0.6) is 5.75 Å². The molecule has 0 radical (unpaired) electrons. The Kier molecular flexibility index (Phi) is 6.46. The van der Waals surface area contributed by atoms with E-state index in [4.69, 9.17) is 14.5 Å². The SMILES string of the molecule is Cc1c(CN2CCOCC2)nc2n1-c1ccc(-c3ccc(N4CCN(C(C)C)CC4)cc3)cc1OC2. The van der Waals surface area contributed by atoms with Crippen LogP contribution in [0.15, 0.2) is 42.5 Å². The van der Waals surface area contributed by atoms with Crippen LogP contribution in [-0.4, -0.2) is 77.9 Å². The van der Waals surface area contributed by atoms with Gasteiger partial charge in [-0.25, -0.2) is 4.98 Å². The number of piperazine rings is 1. The molecule has 2 fully saturated rings. The Balaban J connectivity index is 1.19. The third kappa shape index (κ3) is 4.51. The van der Waals surface area contributed by atoms with Gasteiger partial charge < -0.3 is 14.4 Å². The Hall–Kier alpha value is -2.87. The number of nitrogens with zero attached hydrogens (tertiary/aromatic N) is 5. The molecule has 3 aromatic rings. The molecular weight excluding hydrogens is 450 g/mol. The Morgan fingerprint density at radius 1 is 0.889 bits per heavy atom. The van der Waals surface area contributed by atoms with E-state index >= 15 is 0 Å². The number of aromatic nitrogens is 2. The van der Waals surface area contributed by atoms with Crippen LogP contribution < -0.4 is 9.64 Å². The van der Waals surface area contributed by atoms with Gasteiger partial charge in [-0.1, -0.05) is 18.2 Å². The van der Waals surface area contributed by atoms with Gasteiger partial charge in [0.15, 0.2) is 5.82 Å². The number of ether oxygens (including phenoxy) is 2. The van der Waals surface area contributed by atoms with Gasteiger partial charge in [0.2, 0.25) is 0 Å². The van der Waals surface area contributed by atoms with E-state index in [-0.39, 0.29) is 0 Å². The summed E-state index contributed by atoms with van der Waals surface area (Å²) in [5.74, 6) is 1.91. The highest BCUT2D eigenvalue weighted by atomic mass is 16.5. The van der Waals surface area contributed by atoms with E-state index in [1.54, 1.807) is 0 Å². The third-order valence-electron chi connectivity index (χ3n) is 7.92. The molecule has 7 nitrogen and oxygen atoms in total. The lowest BCUT2D eigenvalue weighted by Gasteiger charge is -2.38. The molecule has 2 aromatic carbocycles. The molecule has 0 amide bonds. The zero-order chi connectivity index (χ0) is 24.6. The van der Waals surface area contributed by atoms with Crippen LogP contribution in [0.2, 0.25) is 0 Å². The van der Waals surface area contributed by atoms with Crippen LogP contribution in [0.1, 0.15) is 31.1 Å². The number of benzene rings is 2. The fourth-order valence-electron chi connectivity index (χ4n) is 5.64. The molecule has 7 heteroatoms. The fraction of sp³-hybridized carbons (Fsp3) is 0.483. The average molecular weight is 488 g/mol. The molecular formula is C29H37N5O2. The van der Waals surface area contributed by atoms with Crippen molar-refractivity contribution in [2.75, 3.05) is 57.4 Å². The minimum absolute atomic E-state index is 0.502. The van der Waals surface area contributed by atoms with Gasteiger partial charge in [-0.15, -0.1) is 0 Å². The lowest BCUT2D eigenvalue weighted by atomic mass is 10.0. The molecule has 0 aliphatic carbocycles. The lowest BCUT2D eigenvalue weighted by molar-refractivity contribution is 0.0336. The summed E-state index contributed by atoms with van der Waals surface area (Å²) in [7, 11) is 0. The minimum atomic E-state index is 0.502. The normalized spacial score (nSPS) is 18.7. The van der Waals surface area contributed by atoms with Crippen LogP contribution in [0.25, 0.3) is 16.8 Å². The maximum absolute atomic E-state index is 6.19. The number of fused-ring (bicyclic) bond motifs is 3. The van der Waals surface area contributed by atoms with Crippen LogP contribution in [0, 0.1) is 6.92 Å². The maximum Gasteiger partial charge on any atom is 0.152 e. The highest BCUT2D eigenvalue weighted by Crippen LogP contribution is 2.36. The van der Waals surface area contributed by atoms with Crippen molar-refractivity contribution in [2.45, 2.75) is 40.0 Å². The molecule has 0 N–H and O–H groups in total. The zero-order valence-corrected chi connectivity index (χ0v) is 21.7. The van der Waals surface area contributed by atoms with Crippen molar-refractivity contribution in [1.29, 1.82) is 0 Å². The first-order valence-corrected chi connectivity index (χ1v) is 13.3. The Morgan fingerprint density at radius 3 is 2.33 bits per heavy atom. The Morgan fingerprint density at radius 2 is 1.61 bits per heavy atom. The largest absolute Gasteiger partial charge is 0.483 e. The van der Waals surface area contributed by atoms with Gasteiger partial charge >= 0.3 is 0 Å². The Bertz CT molecular complexity index is 1210. The molecule has 1 aromatic heterocycles. The zero-order valence-electron chi connectivity index (χ0n) is 21.7. The van der Waals surface area contributed by atoms with E-state index in [0.29, 0.717) is 12.6 Å². The van der Waals surface area contributed by atoms with Crippen molar-refractivity contribution in [3.8, 4) is 22.6 Å². The number of hydrogen-bond acceptors (Lipinski definition) is 6. The Labute approximate surface area is 214 Å². The molecule has 0 spiro atoms. The molecule has 4 heterocycles. The highest BCUT2D eigenvalue weighted by molar-refractivity contribution is 5.70. The monoisotopic (exact) mass is 487 g/mol. The van der Waals surface area contributed by atoms with Crippen LogP contribution in [-0.2, 0) is 17.9 Å². The molecule has 2 saturated heterocycles. The van der Waals surface area contributed by atoms with Gasteiger partial charge in [-0.2, -0.15) is 0 Å². The summed E-state index contributed by atoms with van der Waals surface area (Å²) >= 11 is 0. The predicted molar refractivity (Wildman–Crippen MR) is 143 cm³/mol. The summed E-state index contributed by atoms with van der Waals surface area (Å²) in [6, 6.07) is 16.2. The first-order valence-electron chi connectivity index (χ1n) is 13.3. The second-order valence-corrected chi connectivity index (χ2v) is 10.4. The quantitative estimate of drug-likeness (QED) is 0.540. The maximum atomic E-state index is 6.19. The van der Waals surface area contributed by atoms with Crippen LogP contribution in [0.4, 0.5) is 5.69 Å². The van der Waals surface area contributed by atoms with E-state index in [2.05, 4.69) is 82.5 Å². The lowest BCUT2D eigenvalue weighted by Crippen LogP contribution is -2.48.